The molecule has 0 unspecified atom stereocenters. The lowest BCUT2D eigenvalue weighted by atomic mass is 10.2. The molecule has 1 aliphatic heterocycles. The first kappa shape index (κ1) is 17.1. The van der Waals surface area contributed by atoms with Crippen LogP contribution < -0.4 is 19.7 Å². The van der Waals surface area contributed by atoms with E-state index in [1.54, 1.807) is 42.5 Å². The van der Waals surface area contributed by atoms with Crippen LogP contribution in [0.5, 0.6) is 5.75 Å². The largest absolute Gasteiger partial charge is 0.495 e. The molecule has 0 radical (unpaired) electrons. The Morgan fingerprint density at radius 2 is 1.92 bits per heavy atom. The Kier molecular flexibility index (Phi) is 4.80. The summed E-state index contributed by atoms with van der Waals surface area (Å²) >= 11 is 0. The van der Waals surface area contributed by atoms with E-state index in [2.05, 4.69) is 10.6 Å². The number of anilines is 3. The molecule has 8 heteroatoms. The van der Waals surface area contributed by atoms with Gasteiger partial charge in [0.25, 0.3) is 0 Å². The van der Waals surface area contributed by atoms with Crippen molar-refractivity contribution in [2.75, 3.05) is 34.3 Å². The third kappa shape index (κ3) is 3.85. The van der Waals surface area contributed by atoms with Gasteiger partial charge in [0.05, 0.1) is 24.2 Å². The van der Waals surface area contributed by atoms with Crippen molar-refractivity contribution in [1.29, 1.82) is 0 Å². The molecule has 1 aliphatic rings. The van der Waals surface area contributed by atoms with E-state index in [0.29, 0.717) is 35.8 Å². The van der Waals surface area contributed by atoms with Crippen molar-refractivity contribution in [3.63, 3.8) is 0 Å². The fraction of sp³-hybridized carbons (Fsp3) is 0.235. The zero-order valence-corrected chi connectivity index (χ0v) is 14.5. The molecule has 3 rings (SSSR count). The number of benzene rings is 2. The summed E-state index contributed by atoms with van der Waals surface area (Å²) in [5.74, 6) is 0.702. The Bertz CT molecular complexity index is 883. The van der Waals surface area contributed by atoms with Crippen molar-refractivity contribution < 1.29 is 17.9 Å². The summed E-state index contributed by atoms with van der Waals surface area (Å²) < 4.78 is 30.6. The predicted octanol–water partition coefficient (Wildman–Crippen LogP) is 2.88. The van der Waals surface area contributed by atoms with Gasteiger partial charge in [0.2, 0.25) is 10.0 Å². The van der Waals surface area contributed by atoms with E-state index in [-0.39, 0.29) is 5.75 Å². The van der Waals surface area contributed by atoms with Gasteiger partial charge in [0.15, 0.2) is 0 Å². The predicted molar refractivity (Wildman–Crippen MR) is 97.8 cm³/mol. The fourth-order valence-electron chi connectivity index (χ4n) is 2.70. The van der Waals surface area contributed by atoms with Crippen molar-refractivity contribution in [3.8, 4) is 5.75 Å². The molecule has 2 amide bonds. The lowest BCUT2D eigenvalue weighted by Gasteiger charge is -2.18. The normalized spacial score (nSPS) is 15.6. The summed E-state index contributed by atoms with van der Waals surface area (Å²) in [7, 11) is -1.73. The van der Waals surface area contributed by atoms with Crippen LogP contribution in [0, 0.1) is 0 Å². The van der Waals surface area contributed by atoms with Crippen LogP contribution in [0.4, 0.5) is 21.9 Å². The number of nitrogens with one attached hydrogen (secondary N) is 2. The van der Waals surface area contributed by atoms with Crippen LogP contribution in [0.2, 0.25) is 0 Å². The number of sulfonamides is 1. The average molecular weight is 361 g/mol. The topological polar surface area (TPSA) is 87.7 Å². The highest BCUT2D eigenvalue weighted by Crippen LogP contribution is 2.27. The van der Waals surface area contributed by atoms with Gasteiger partial charge in [0.1, 0.15) is 5.75 Å². The molecule has 1 saturated heterocycles. The number of carbonyl (C=O) groups excluding carboxylic acids is 1. The van der Waals surface area contributed by atoms with Crippen LogP contribution in [0.3, 0.4) is 0 Å². The zero-order chi connectivity index (χ0) is 17.9. The van der Waals surface area contributed by atoms with Crippen molar-refractivity contribution in [2.24, 2.45) is 0 Å². The number of carbonyl (C=O) groups is 1. The molecule has 0 aromatic heterocycles. The van der Waals surface area contributed by atoms with Crippen molar-refractivity contribution >= 4 is 33.1 Å². The first-order valence-electron chi connectivity index (χ1n) is 7.81. The smallest absolute Gasteiger partial charge is 0.323 e. The van der Waals surface area contributed by atoms with Crippen molar-refractivity contribution in [1.82, 2.24) is 0 Å². The van der Waals surface area contributed by atoms with Gasteiger partial charge in [-0.15, -0.1) is 0 Å². The Hall–Kier alpha value is -2.74. The minimum absolute atomic E-state index is 0.152. The average Bonchev–Trinajstić information content (AvgIpc) is 2.94. The van der Waals surface area contributed by atoms with Crippen LogP contribution >= 0.6 is 0 Å². The van der Waals surface area contributed by atoms with E-state index in [9.17, 15) is 13.2 Å². The summed E-state index contributed by atoms with van der Waals surface area (Å²) in [6.45, 7) is 0.458. The van der Waals surface area contributed by atoms with Gasteiger partial charge in [-0.05, 0) is 36.8 Å². The second kappa shape index (κ2) is 7.02. The van der Waals surface area contributed by atoms with E-state index in [1.165, 1.54) is 11.4 Å². The highest BCUT2D eigenvalue weighted by atomic mass is 32.2. The first-order valence-corrected chi connectivity index (χ1v) is 9.42. The summed E-state index contributed by atoms with van der Waals surface area (Å²) in [6.07, 6.45) is 0.605. The molecule has 7 nitrogen and oxygen atoms in total. The molecular formula is C17H19N3O4S. The van der Waals surface area contributed by atoms with E-state index in [1.807, 2.05) is 6.07 Å². The molecule has 2 aromatic rings. The van der Waals surface area contributed by atoms with E-state index >= 15 is 0 Å². The summed E-state index contributed by atoms with van der Waals surface area (Å²) in [5, 5.41) is 5.41. The van der Waals surface area contributed by atoms with E-state index in [0.717, 1.165) is 0 Å². The maximum absolute atomic E-state index is 12.2. The number of rotatable bonds is 4. The van der Waals surface area contributed by atoms with Gasteiger partial charge < -0.3 is 15.4 Å². The van der Waals surface area contributed by atoms with E-state index in [4.69, 9.17) is 4.74 Å². The van der Waals surface area contributed by atoms with Crippen LogP contribution in [0.15, 0.2) is 48.5 Å². The van der Waals surface area contributed by atoms with Gasteiger partial charge >= 0.3 is 6.03 Å². The number of para-hydroxylation sites is 2. The SMILES string of the molecule is COc1ccccc1NC(=O)Nc1cccc(N2CCCS2(=O)=O)c1. The Morgan fingerprint density at radius 1 is 1.12 bits per heavy atom. The minimum atomic E-state index is -3.25. The summed E-state index contributed by atoms with van der Waals surface area (Å²) in [4.78, 5) is 12.2. The number of urea groups is 1. The van der Waals surface area contributed by atoms with Gasteiger partial charge in [-0.3, -0.25) is 4.31 Å². The fourth-order valence-corrected chi connectivity index (χ4v) is 4.26. The Balaban J connectivity index is 1.73. The first-order chi connectivity index (χ1) is 12.0. The standard InChI is InChI=1S/C17H19N3O4S/c1-24-16-9-3-2-8-15(16)19-17(21)18-13-6-4-7-14(12-13)20-10-5-11-25(20,22)23/h2-4,6-9,12H,5,10-11H2,1H3,(H2,18,19,21). The number of hydrogen-bond acceptors (Lipinski definition) is 4. The third-order valence-corrected chi connectivity index (χ3v) is 5.72. The minimum Gasteiger partial charge on any atom is -0.495 e. The number of ether oxygens (including phenoxy) is 1. The van der Waals surface area contributed by atoms with Crippen molar-refractivity contribution in [3.05, 3.63) is 48.5 Å². The Morgan fingerprint density at radius 3 is 2.64 bits per heavy atom. The quantitative estimate of drug-likeness (QED) is 0.876. The molecule has 25 heavy (non-hydrogen) atoms. The molecule has 2 N–H and O–H groups in total. The third-order valence-electron chi connectivity index (χ3n) is 3.85. The highest BCUT2D eigenvalue weighted by Gasteiger charge is 2.28. The lowest BCUT2D eigenvalue weighted by molar-refractivity contribution is 0.262. The number of methoxy groups -OCH3 is 1. The van der Waals surface area contributed by atoms with Gasteiger partial charge in [-0.2, -0.15) is 0 Å². The second-order valence-electron chi connectivity index (χ2n) is 5.57. The molecule has 0 bridgehead atoms. The number of amides is 2. The molecule has 0 spiro atoms. The van der Waals surface area contributed by atoms with E-state index < -0.39 is 16.1 Å². The number of hydrogen-bond donors (Lipinski definition) is 2. The maximum atomic E-state index is 12.2. The van der Waals surface area contributed by atoms with Crippen molar-refractivity contribution in [2.45, 2.75) is 6.42 Å². The lowest BCUT2D eigenvalue weighted by Crippen LogP contribution is -2.25. The molecular weight excluding hydrogens is 342 g/mol. The van der Waals surface area contributed by atoms with Gasteiger partial charge in [-0.25, -0.2) is 13.2 Å². The molecule has 2 aromatic carbocycles. The molecule has 132 valence electrons. The molecule has 0 saturated carbocycles. The zero-order valence-electron chi connectivity index (χ0n) is 13.7. The van der Waals surface area contributed by atoms with Gasteiger partial charge in [-0.1, -0.05) is 18.2 Å². The second-order valence-corrected chi connectivity index (χ2v) is 7.58. The molecule has 1 fully saturated rings. The maximum Gasteiger partial charge on any atom is 0.323 e. The van der Waals surface area contributed by atoms with Crippen LogP contribution in [-0.2, 0) is 10.0 Å². The van der Waals surface area contributed by atoms with Crippen LogP contribution in [0.25, 0.3) is 0 Å². The van der Waals surface area contributed by atoms with Crippen LogP contribution in [0.1, 0.15) is 6.42 Å². The summed E-state index contributed by atoms with van der Waals surface area (Å²) in [5.41, 5.74) is 1.60. The molecule has 1 heterocycles. The summed E-state index contributed by atoms with van der Waals surface area (Å²) in [6, 6.07) is 13.4. The number of nitrogens with zero attached hydrogens (tertiary/aromatic N) is 1. The Labute approximate surface area is 146 Å². The van der Waals surface area contributed by atoms with Gasteiger partial charge in [0, 0.05) is 12.2 Å². The molecule has 0 aliphatic carbocycles. The monoisotopic (exact) mass is 361 g/mol. The highest BCUT2D eigenvalue weighted by molar-refractivity contribution is 7.93. The molecule has 0 atom stereocenters. The van der Waals surface area contributed by atoms with Crippen LogP contribution in [-0.4, -0.2) is 33.9 Å².